The minimum atomic E-state index is -1.85. The van der Waals surface area contributed by atoms with Gasteiger partial charge in [-0.3, -0.25) is 0 Å². The van der Waals surface area contributed by atoms with Gasteiger partial charge in [-0.05, 0) is 24.2 Å². The van der Waals surface area contributed by atoms with Crippen molar-refractivity contribution in [3.05, 3.63) is 36.0 Å². The zero-order valence-corrected chi connectivity index (χ0v) is 14.6. The summed E-state index contributed by atoms with van der Waals surface area (Å²) in [5, 5.41) is 1.45. The van der Waals surface area contributed by atoms with Crippen LogP contribution in [0.4, 0.5) is 0 Å². The molecule has 1 aromatic carbocycles. The van der Waals surface area contributed by atoms with Crippen LogP contribution in [0.3, 0.4) is 0 Å². The maximum Gasteiger partial charge on any atom is 0.193 e. The SMILES string of the molecule is CC(C)(C)[Si](C)(C)OC1(c2c[nH]c3ccccc23)COC1. The number of rotatable bonds is 3. The molecule has 0 unspecified atom stereocenters. The van der Waals surface area contributed by atoms with Gasteiger partial charge in [0, 0.05) is 22.7 Å². The Labute approximate surface area is 127 Å². The van der Waals surface area contributed by atoms with Gasteiger partial charge in [0.25, 0.3) is 0 Å². The monoisotopic (exact) mass is 303 g/mol. The van der Waals surface area contributed by atoms with E-state index < -0.39 is 8.32 Å². The van der Waals surface area contributed by atoms with Crippen LogP contribution >= 0.6 is 0 Å². The standard InChI is InChI=1S/C17H25NO2Si/c1-16(2,3)21(4,5)20-17(11-19-12-17)14-10-18-15-9-7-6-8-13(14)15/h6-10,18H,11-12H2,1-5H3. The lowest BCUT2D eigenvalue weighted by Gasteiger charge is -2.49. The molecular weight excluding hydrogens is 278 g/mol. The molecule has 1 aliphatic heterocycles. The van der Waals surface area contributed by atoms with Gasteiger partial charge >= 0.3 is 0 Å². The quantitative estimate of drug-likeness (QED) is 0.852. The highest BCUT2D eigenvalue weighted by Crippen LogP contribution is 2.46. The zero-order valence-electron chi connectivity index (χ0n) is 13.6. The first kappa shape index (κ1) is 14.8. The predicted molar refractivity (Wildman–Crippen MR) is 89.1 cm³/mol. The van der Waals surface area contributed by atoms with Gasteiger partial charge in [0.1, 0.15) is 5.60 Å². The van der Waals surface area contributed by atoms with Crippen LogP contribution in [-0.4, -0.2) is 26.5 Å². The molecule has 3 nitrogen and oxygen atoms in total. The normalized spacial score (nSPS) is 18.7. The van der Waals surface area contributed by atoms with E-state index in [1.807, 2.05) is 0 Å². The zero-order chi connectivity index (χ0) is 15.3. The molecule has 0 saturated carbocycles. The van der Waals surface area contributed by atoms with Crippen molar-refractivity contribution in [2.24, 2.45) is 0 Å². The van der Waals surface area contributed by atoms with E-state index in [-0.39, 0.29) is 10.6 Å². The summed E-state index contributed by atoms with van der Waals surface area (Å²) >= 11 is 0. The summed E-state index contributed by atoms with van der Waals surface area (Å²) in [4.78, 5) is 3.37. The molecule has 0 bridgehead atoms. The van der Waals surface area contributed by atoms with E-state index in [1.165, 1.54) is 10.9 Å². The third kappa shape index (κ3) is 2.35. The number of nitrogens with one attached hydrogen (secondary N) is 1. The lowest BCUT2D eigenvalue weighted by molar-refractivity contribution is -0.174. The van der Waals surface area contributed by atoms with E-state index >= 15 is 0 Å². The number of para-hydroxylation sites is 1. The fourth-order valence-electron chi connectivity index (χ4n) is 2.65. The molecule has 114 valence electrons. The number of aromatic nitrogens is 1. The van der Waals surface area contributed by atoms with E-state index in [2.05, 4.69) is 69.3 Å². The molecule has 0 radical (unpaired) electrons. The van der Waals surface area contributed by atoms with Crippen LogP contribution in [0, 0.1) is 0 Å². The van der Waals surface area contributed by atoms with Gasteiger partial charge in [-0.15, -0.1) is 0 Å². The number of H-pyrrole nitrogens is 1. The van der Waals surface area contributed by atoms with Gasteiger partial charge < -0.3 is 14.1 Å². The Kier molecular flexibility index (Phi) is 3.31. The second kappa shape index (κ2) is 4.70. The topological polar surface area (TPSA) is 34.2 Å². The smallest absolute Gasteiger partial charge is 0.193 e. The van der Waals surface area contributed by atoms with Crippen LogP contribution < -0.4 is 0 Å². The molecule has 1 aromatic heterocycles. The Morgan fingerprint density at radius 2 is 1.86 bits per heavy atom. The molecule has 3 rings (SSSR count). The molecule has 1 aliphatic rings. The summed E-state index contributed by atoms with van der Waals surface area (Å²) in [6, 6.07) is 8.41. The van der Waals surface area contributed by atoms with Crippen molar-refractivity contribution in [2.75, 3.05) is 13.2 Å². The molecule has 0 amide bonds. The van der Waals surface area contributed by atoms with Gasteiger partial charge in [-0.25, -0.2) is 0 Å². The van der Waals surface area contributed by atoms with Gasteiger partial charge in [-0.2, -0.15) is 0 Å². The van der Waals surface area contributed by atoms with Gasteiger partial charge in [0.2, 0.25) is 0 Å². The number of fused-ring (bicyclic) bond motifs is 1. The summed E-state index contributed by atoms with van der Waals surface area (Å²) < 4.78 is 12.3. The Morgan fingerprint density at radius 3 is 2.43 bits per heavy atom. The van der Waals surface area contributed by atoms with Crippen molar-refractivity contribution in [1.82, 2.24) is 4.98 Å². The van der Waals surface area contributed by atoms with E-state index in [0.29, 0.717) is 13.2 Å². The van der Waals surface area contributed by atoms with Crippen molar-refractivity contribution in [2.45, 2.75) is 44.5 Å². The van der Waals surface area contributed by atoms with Crippen LogP contribution in [0.15, 0.2) is 30.5 Å². The summed E-state index contributed by atoms with van der Waals surface area (Å²) in [5.41, 5.74) is 2.13. The van der Waals surface area contributed by atoms with Crippen LogP contribution in [0.25, 0.3) is 10.9 Å². The lowest BCUT2D eigenvalue weighted by Crippen LogP contribution is -2.57. The van der Waals surface area contributed by atoms with Crippen LogP contribution in [0.5, 0.6) is 0 Å². The fraction of sp³-hybridized carbons (Fsp3) is 0.529. The number of benzene rings is 1. The van der Waals surface area contributed by atoms with Crippen molar-refractivity contribution < 1.29 is 9.16 Å². The summed E-state index contributed by atoms with van der Waals surface area (Å²) in [6.45, 7) is 12.8. The van der Waals surface area contributed by atoms with Crippen LogP contribution in [0.2, 0.25) is 18.1 Å². The van der Waals surface area contributed by atoms with E-state index in [0.717, 1.165) is 5.52 Å². The highest BCUT2D eigenvalue weighted by atomic mass is 28.4. The van der Waals surface area contributed by atoms with Crippen LogP contribution in [-0.2, 0) is 14.8 Å². The maximum absolute atomic E-state index is 6.77. The highest BCUT2D eigenvalue weighted by molar-refractivity contribution is 6.74. The fourth-order valence-corrected chi connectivity index (χ4v) is 4.16. The van der Waals surface area contributed by atoms with E-state index in [1.54, 1.807) is 0 Å². The van der Waals surface area contributed by atoms with Gasteiger partial charge in [0.05, 0.1) is 13.2 Å². The molecule has 21 heavy (non-hydrogen) atoms. The lowest BCUT2D eigenvalue weighted by atomic mass is 9.92. The average Bonchev–Trinajstić information content (AvgIpc) is 2.76. The Morgan fingerprint density at radius 1 is 1.19 bits per heavy atom. The predicted octanol–water partition coefficient (Wildman–Crippen LogP) is 4.42. The molecule has 1 saturated heterocycles. The highest BCUT2D eigenvalue weighted by Gasteiger charge is 2.50. The van der Waals surface area contributed by atoms with E-state index in [9.17, 15) is 0 Å². The van der Waals surface area contributed by atoms with Crippen molar-refractivity contribution in [3.8, 4) is 0 Å². The van der Waals surface area contributed by atoms with Crippen molar-refractivity contribution >= 4 is 19.2 Å². The molecule has 4 heteroatoms. The molecule has 2 aromatic rings. The van der Waals surface area contributed by atoms with Crippen molar-refractivity contribution in [1.29, 1.82) is 0 Å². The first-order chi connectivity index (χ1) is 9.75. The first-order valence-electron chi connectivity index (χ1n) is 7.60. The number of ether oxygens (including phenoxy) is 1. The summed E-state index contributed by atoms with van der Waals surface area (Å²) in [5.74, 6) is 0. The Hall–Kier alpha value is -1.10. The summed E-state index contributed by atoms with van der Waals surface area (Å²) in [6.07, 6.45) is 2.10. The Balaban J connectivity index is 2.01. The second-order valence-electron chi connectivity index (χ2n) is 7.60. The molecule has 0 atom stereocenters. The first-order valence-corrected chi connectivity index (χ1v) is 10.5. The third-order valence-corrected chi connectivity index (χ3v) is 9.52. The molecular formula is C17H25NO2Si. The number of hydrogen-bond donors (Lipinski definition) is 1. The largest absolute Gasteiger partial charge is 0.403 e. The molecule has 1 N–H and O–H groups in total. The molecule has 2 heterocycles. The second-order valence-corrected chi connectivity index (χ2v) is 12.3. The number of hydrogen-bond acceptors (Lipinski definition) is 2. The van der Waals surface area contributed by atoms with Crippen LogP contribution in [0.1, 0.15) is 26.3 Å². The molecule has 0 aliphatic carbocycles. The molecule has 0 spiro atoms. The molecule has 1 fully saturated rings. The average molecular weight is 303 g/mol. The maximum atomic E-state index is 6.77. The van der Waals surface area contributed by atoms with Gasteiger partial charge in [0.15, 0.2) is 8.32 Å². The number of aromatic amines is 1. The Bertz CT molecular complexity index is 650. The summed E-state index contributed by atoms with van der Waals surface area (Å²) in [7, 11) is -1.85. The minimum Gasteiger partial charge on any atom is -0.403 e. The van der Waals surface area contributed by atoms with E-state index in [4.69, 9.17) is 9.16 Å². The minimum absolute atomic E-state index is 0.196. The third-order valence-electron chi connectivity index (χ3n) is 5.01. The van der Waals surface area contributed by atoms with Gasteiger partial charge in [-0.1, -0.05) is 39.0 Å². The van der Waals surface area contributed by atoms with Crippen molar-refractivity contribution in [3.63, 3.8) is 0 Å².